The maximum absolute atomic E-state index is 13.6. The molecule has 0 bridgehead atoms. The van der Waals surface area contributed by atoms with Gasteiger partial charge in [0.25, 0.3) is 11.5 Å². The van der Waals surface area contributed by atoms with Crippen molar-refractivity contribution >= 4 is 45.0 Å². The minimum absolute atomic E-state index is 0.0682. The third-order valence-corrected chi connectivity index (χ3v) is 6.12. The van der Waals surface area contributed by atoms with E-state index in [1.54, 1.807) is 48.7 Å². The minimum Gasteiger partial charge on any atom is -0.497 e. The number of amides is 1. The minimum atomic E-state index is -0.717. The maximum atomic E-state index is 13.6. The lowest BCUT2D eigenvalue weighted by Gasteiger charge is -2.11. The number of methoxy groups -OCH3 is 2. The summed E-state index contributed by atoms with van der Waals surface area (Å²) in [5.74, 6) is -1.53. The Balaban J connectivity index is 1.88. The Morgan fingerprint density at radius 3 is 2.47 bits per heavy atom. The zero-order chi connectivity index (χ0) is 25.8. The number of fused-ring (bicyclic) bond motifs is 1. The first-order chi connectivity index (χ1) is 17.4. The molecule has 4 aromatic rings. The van der Waals surface area contributed by atoms with Gasteiger partial charge in [-0.2, -0.15) is 9.78 Å². The first kappa shape index (κ1) is 24.6. The lowest BCUT2D eigenvalue weighted by molar-refractivity contribution is 0.0519. The van der Waals surface area contributed by atoms with Crippen molar-refractivity contribution in [2.24, 2.45) is 0 Å². The highest BCUT2D eigenvalue weighted by atomic mass is 32.1. The zero-order valence-electron chi connectivity index (χ0n) is 19.6. The second-order valence-electron chi connectivity index (χ2n) is 7.33. The molecule has 184 valence electrons. The third-order valence-electron chi connectivity index (χ3n) is 5.22. The number of nitrogens with one attached hydrogen (secondary N) is 1. The number of anilines is 1. The van der Waals surface area contributed by atoms with Crippen LogP contribution in [0.1, 0.15) is 38.1 Å². The molecule has 36 heavy (non-hydrogen) atoms. The number of hydrogen-bond donors (Lipinski definition) is 1. The number of aromatic nitrogens is 2. The summed E-state index contributed by atoms with van der Waals surface area (Å²) in [7, 11) is 2.70. The van der Waals surface area contributed by atoms with Gasteiger partial charge in [0, 0.05) is 16.8 Å². The van der Waals surface area contributed by atoms with Crippen molar-refractivity contribution in [3.63, 3.8) is 0 Å². The lowest BCUT2D eigenvalue weighted by atomic mass is 10.1. The van der Waals surface area contributed by atoms with Gasteiger partial charge in [-0.05, 0) is 31.2 Å². The number of esters is 2. The van der Waals surface area contributed by atoms with Crippen LogP contribution in [0.3, 0.4) is 0 Å². The Labute approximate surface area is 209 Å². The van der Waals surface area contributed by atoms with E-state index in [2.05, 4.69) is 10.4 Å². The Morgan fingerprint density at radius 2 is 1.78 bits per heavy atom. The fourth-order valence-corrected chi connectivity index (χ4v) is 4.48. The molecule has 0 aliphatic carbocycles. The van der Waals surface area contributed by atoms with Gasteiger partial charge >= 0.3 is 11.9 Å². The number of thiophene rings is 1. The first-order valence-corrected chi connectivity index (χ1v) is 11.6. The van der Waals surface area contributed by atoms with E-state index >= 15 is 0 Å². The summed E-state index contributed by atoms with van der Waals surface area (Å²) in [4.78, 5) is 51.5. The number of carbonyl (C=O) groups is 3. The topological polar surface area (TPSA) is 126 Å². The largest absolute Gasteiger partial charge is 0.497 e. The normalized spacial score (nSPS) is 10.6. The van der Waals surface area contributed by atoms with Crippen molar-refractivity contribution in [2.45, 2.75) is 6.92 Å². The molecule has 0 spiro atoms. The van der Waals surface area contributed by atoms with Crippen LogP contribution in [0.5, 0.6) is 5.75 Å². The van der Waals surface area contributed by atoms with Crippen LogP contribution in [0, 0.1) is 0 Å². The van der Waals surface area contributed by atoms with E-state index < -0.39 is 23.4 Å². The molecule has 1 amide bonds. The summed E-state index contributed by atoms with van der Waals surface area (Å²) in [6.07, 6.45) is 0. The van der Waals surface area contributed by atoms with Crippen LogP contribution in [0.25, 0.3) is 16.5 Å². The molecular weight excluding hydrogens is 486 g/mol. The summed E-state index contributed by atoms with van der Waals surface area (Å²) in [5, 5.41) is 9.01. The van der Waals surface area contributed by atoms with Crippen molar-refractivity contribution in [3.8, 4) is 11.4 Å². The zero-order valence-corrected chi connectivity index (χ0v) is 20.4. The van der Waals surface area contributed by atoms with Crippen LogP contribution in [-0.2, 0) is 9.47 Å². The quantitative estimate of drug-likeness (QED) is 0.376. The molecule has 0 fully saturated rings. The molecule has 2 heterocycles. The average Bonchev–Trinajstić information content (AvgIpc) is 3.32. The number of rotatable bonds is 7. The molecule has 0 unspecified atom stereocenters. The molecule has 0 radical (unpaired) electrons. The first-order valence-electron chi connectivity index (χ1n) is 10.7. The van der Waals surface area contributed by atoms with E-state index in [1.807, 2.05) is 0 Å². The smallest absolute Gasteiger partial charge is 0.359 e. The molecule has 0 aliphatic heterocycles. The molecule has 1 N–H and O–H groups in total. The van der Waals surface area contributed by atoms with Crippen LogP contribution >= 0.6 is 11.3 Å². The molecule has 2 aromatic carbocycles. The average molecular weight is 508 g/mol. The molecule has 2 aromatic heterocycles. The van der Waals surface area contributed by atoms with Gasteiger partial charge in [-0.1, -0.05) is 18.2 Å². The van der Waals surface area contributed by atoms with E-state index in [1.165, 1.54) is 26.4 Å². The fraction of sp³-hybridized carbons (Fsp3) is 0.160. The number of ether oxygens (including phenoxy) is 3. The van der Waals surface area contributed by atoms with Gasteiger partial charge in [-0.3, -0.25) is 9.59 Å². The predicted molar refractivity (Wildman–Crippen MR) is 133 cm³/mol. The lowest BCUT2D eigenvalue weighted by Crippen LogP contribution is -2.26. The van der Waals surface area contributed by atoms with E-state index in [0.29, 0.717) is 11.4 Å². The molecular formula is C25H21N3O7S. The summed E-state index contributed by atoms with van der Waals surface area (Å²) >= 11 is 1.05. The second kappa shape index (κ2) is 10.4. The van der Waals surface area contributed by atoms with Crippen LogP contribution in [-0.4, -0.2) is 48.5 Å². The van der Waals surface area contributed by atoms with Crippen molar-refractivity contribution in [1.29, 1.82) is 0 Å². The maximum Gasteiger partial charge on any atom is 0.359 e. The number of benzene rings is 2. The Morgan fingerprint density at radius 1 is 1.03 bits per heavy atom. The van der Waals surface area contributed by atoms with E-state index in [4.69, 9.17) is 14.2 Å². The molecule has 0 saturated carbocycles. The SMILES string of the molecule is CCOC(=O)c1nn(-c2cccc(OC)c2)c(=O)c2c(NC(=O)c3ccccc3C(=O)OC)scc12. The van der Waals surface area contributed by atoms with E-state index in [-0.39, 0.29) is 39.2 Å². The summed E-state index contributed by atoms with van der Waals surface area (Å²) < 4.78 is 16.2. The predicted octanol–water partition coefficient (Wildman–Crippen LogP) is 3.67. The number of nitrogens with zero attached hydrogens (tertiary/aromatic N) is 2. The van der Waals surface area contributed by atoms with Gasteiger partial charge < -0.3 is 19.5 Å². The van der Waals surface area contributed by atoms with Gasteiger partial charge in [-0.25, -0.2) is 9.59 Å². The molecule has 0 saturated heterocycles. The molecule has 0 aliphatic rings. The Bertz CT molecular complexity index is 1540. The third kappa shape index (κ3) is 4.56. The van der Waals surface area contributed by atoms with Crippen molar-refractivity contribution < 1.29 is 28.6 Å². The number of carbonyl (C=O) groups excluding carboxylic acids is 3. The van der Waals surface area contributed by atoms with Crippen LogP contribution in [0.4, 0.5) is 5.00 Å². The van der Waals surface area contributed by atoms with Gasteiger partial charge in [0.15, 0.2) is 5.69 Å². The number of hydrogen-bond acceptors (Lipinski definition) is 9. The van der Waals surface area contributed by atoms with Gasteiger partial charge in [0.2, 0.25) is 0 Å². The molecule has 0 atom stereocenters. The van der Waals surface area contributed by atoms with Crippen LogP contribution < -0.4 is 15.6 Å². The van der Waals surface area contributed by atoms with Gasteiger partial charge in [0.1, 0.15) is 10.8 Å². The van der Waals surface area contributed by atoms with Crippen molar-refractivity contribution in [2.75, 3.05) is 26.1 Å². The van der Waals surface area contributed by atoms with Gasteiger partial charge in [0.05, 0.1) is 43.0 Å². The van der Waals surface area contributed by atoms with Crippen LogP contribution in [0.2, 0.25) is 0 Å². The highest BCUT2D eigenvalue weighted by molar-refractivity contribution is 7.16. The molecule has 11 heteroatoms. The highest BCUT2D eigenvalue weighted by Gasteiger charge is 2.24. The highest BCUT2D eigenvalue weighted by Crippen LogP contribution is 2.31. The van der Waals surface area contributed by atoms with E-state index in [9.17, 15) is 19.2 Å². The summed E-state index contributed by atoms with van der Waals surface area (Å²) in [6.45, 7) is 1.77. The molecule has 4 rings (SSSR count). The van der Waals surface area contributed by atoms with E-state index in [0.717, 1.165) is 16.0 Å². The monoisotopic (exact) mass is 507 g/mol. The standard InChI is InChI=1S/C25H21N3O7S/c1-4-35-25(32)20-18-13-36-22(26-21(29)16-10-5-6-11-17(16)24(31)34-3)19(18)23(30)28(27-20)14-8-7-9-15(12-14)33-2/h5-13H,4H2,1-3H3,(H,26,29). The fourth-order valence-electron chi connectivity index (χ4n) is 3.55. The Kier molecular flexibility index (Phi) is 7.11. The Hall–Kier alpha value is -4.51. The molecule has 10 nitrogen and oxygen atoms in total. The van der Waals surface area contributed by atoms with Crippen molar-refractivity contribution in [1.82, 2.24) is 9.78 Å². The van der Waals surface area contributed by atoms with Gasteiger partial charge in [-0.15, -0.1) is 11.3 Å². The van der Waals surface area contributed by atoms with Crippen molar-refractivity contribution in [3.05, 3.63) is 81.1 Å². The second-order valence-corrected chi connectivity index (χ2v) is 8.21. The summed E-state index contributed by atoms with van der Waals surface area (Å²) in [6, 6.07) is 12.7. The summed E-state index contributed by atoms with van der Waals surface area (Å²) in [5.41, 5.74) is -0.156. The van der Waals surface area contributed by atoms with Crippen LogP contribution in [0.15, 0.2) is 58.7 Å².